The lowest BCUT2D eigenvalue weighted by molar-refractivity contribution is -0.139. The number of rotatable bonds is 7. The Morgan fingerprint density at radius 3 is 1.85 bits per heavy atom. The van der Waals surface area contributed by atoms with E-state index in [1.807, 2.05) is 0 Å². The van der Waals surface area contributed by atoms with Crippen molar-refractivity contribution in [2.24, 2.45) is 0 Å². The molecule has 0 radical (unpaired) electrons. The number of ether oxygens (including phenoxy) is 2. The van der Waals surface area contributed by atoms with E-state index in [1.54, 1.807) is 52.1 Å². The smallest absolute Gasteiger partial charge is 0.408 e. The molecule has 7 heteroatoms. The first-order valence-corrected chi connectivity index (χ1v) is 12.8. The number of hydrogen-bond acceptors (Lipinski definition) is 5. The molecule has 34 heavy (non-hydrogen) atoms. The summed E-state index contributed by atoms with van der Waals surface area (Å²) in [6.45, 7) is 5.14. The predicted octanol–water partition coefficient (Wildman–Crippen LogP) is 5.46. The summed E-state index contributed by atoms with van der Waals surface area (Å²) < 4.78 is 10.1. The van der Waals surface area contributed by atoms with Crippen LogP contribution in [0.5, 0.6) is 5.75 Å². The highest BCUT2D eigenvalue weighted by molar-refractivity contribution is 5.80. The van der Waals surface area contributed by atoms with Crippen molar-refractivity contribution >= 4 is 12.1 Å². The average molecular weight is 477 g/mol. The fourth-order valence-electron chi connectivity index (χ4n) is 4.52. The van der Waals surface area contributed by atoms with E-state index < -0.39 is 23.7 Å². The maximum Gasteiger partial charge on any atom is 0.408 e. The Morgan fingerprint density at radius 1 is 0.941 bits per heavy atom. The first kappa shape index (κ1) is 28.0. The Balaban J connectivity index is 0.000000266. The van der Waals surface area contributed by atoms with Crippen molar-refractivity contribution in [2.45, 2.75) is 115 Å². The van der Waals surface area contributed by atoms with Gasteiger partial charge in [-0.15, -0.1) is 0 Å². The molecule has 2 aliphatic carbocycles. The van der Waals surface area contributed by atoms with Crippen LogP contribution in [0.1, 0.15) is 90.5 Å². The zero-order valence-electron chi connectivity index (χ0n) is 21.4. The molecule has 1 atom stereocenters. The maximum absolute atomic E-state index is 11.6. The van der Waals surface area contributed by atoms with E-state index in [4.69, 9.17) is 9.47 Å². The SMILES string of the molecule is C1CCC(NC2CCCCC2)CC1.COc1ccc(C[C@H](NC(=O)OC(C)(C)C)C(=O)O)cc1. The van der Waals surface area contributed by atoms with Gasteiger partial charge in [0.05, 0.1) is 7.11 Å². The third-order valence-corrected chi connectivity index (χ3v) is 6.27. The van der Waals surface area contributed by atoms with Gasteiger partial charge in [0.25, 0.3) is 0 Å². The number of carboxylic acids is 1. The minimum absolute atomic E-state index is 0.165. The summed E-state index contributed by atoms with van der Waals surface area (Å²) >= 11 is 0. The molecule has 0 heterocycles. The number of carbonyl (C=O) groups excluding carboxylic acids is 1. The largest absolute Gasteiger partial charge is 0.497 e. The molecule has 0 spiro atoms. The van der Waals surface area contributed by atoms with Gasteiger partial charge < -0.3 is 25.2 Å². The summed E-state index contributed by atoms with van der Waals surface area (Å²) in [5.41, 5.74) is 0.104. The monoisotopic (exact) mass is 476 g/mol. The van der Waals surface area contributed by atoms with E-state index in [9.17, 15) is 14.7 Å². The molecule has 3 rings (SSSR count). The zero-order valence-corrected chi connectivity index (χ0v) is 21.4. The van der Waals surface area contributed by atoms with Gasteiger partial charge in [-0.1, -0.05) is 50.7 Å². The van der Waals surface area contributed by atoms with Crippen molar-refractivity contribution in [1.29, 1.82) is 0 Å². The molecule has 0 saturated heterocycles. The highest BCUT2D eigenvalue weighted by atomic mass is 16.6. The van der Waals surface area contributed by atoms with E-state index in [2.05, 4.69) is 10.6 Å². The summed E-state index contributed by atoms with van der Waals surface area (Å²) in [5.74, 6) is -0.428. The van der Waals surface area contributed by atoms with Gasteiger partial charge in [-0.25, -0.2) is 9.59 Å². The number of amides is 1. The second-order valence-corrected chi connectivity index (χ2v) is 10.4. The van der Waals surface area contributed by atoms with Crippen LogP contribution >= 0.6 is 0 Å². The Morgan fingerprint density at radius 2 is 1.44 bits per heavy atom. The summed E-state index contributed by atoms with van der Waals surface area (Å²) in [6, 6.07) is 7.68. The molecule has 1 amide bonds. The molecule has 0 bridgehead atoms. The Kier molecular flexibility index (Phi) is 11.7. The third kappa shape index (κ3) is 11.2. The molecular formula is C27H44N2O5. The molecule has 2 saturated carbocycles. The van der Waals surface area contributed by atoms with Crippen molar-refractivity contribution < 1.29 is 24.2 Å². The molecule has 2 fully saturated rings. The highest BCUT2D eigenvalue weighted by Crippen LogP contribution is 2.22. The Bertz CT molecular complexity index is 716. The summed E-state index contributed by atoms with van der Waals surface area (Å²) in [4.78, 5) is 22.9. The minimum atomic E-state index is -1.11. The number of alkyl carbamates (subject to hydrolysis) is 1. The number of benzene rings is 1. The van der Waals surface area contributed by atoms with Crippen LogP contribution in [0.15, 0.2) is 24.3 Å². The number of carbonyl (C=O) groups is 2. The van der Waals surface area contributed by atoms with Gasteiger partial charge in [0.1, 0.15) is 17.4 Å². The van der Waals surface area contributed by atoms with Crippen molar-refractivity contribution in [2.75, 3.05) is 7.11 Å². The maximum atomic E-state index is 11.6. The molecule has 3 N–H and O–H groups in total. The quantitative estimate of drug-likeness (QED) is 0.484. The predicted molar refractivity (Wildman–Crippen MR) is 134 cm³/mol. The van der Waals surface area contributed by atoms with Crippen molar-refractivity contribution in [3.8, 4) is 5.75 Å². The number of carboxylic acid groups (broad SMARTS) is 1. The number of nitrogens with one attached hydrogen (secondary N) is 2. The highest BCUT2D eigenvalue weighted by Gasteiger charge is 2.24. The van der Waals surface area contributed by atoms with E-state index in [1.165, 1.54) is 64.2 Å². The Hall–Kier alpha value is -2.28. The van der Waals surface area contributed by atoms with Gasteiger partial charge in [-0.2, -0.15) is 0 Å². The van der Waals surface area contributed by atoms with Gasteiger partial charge in [0, 0.05) is 18.5 Å². The van der Waals surface area contributed by atoms with Crippen molar-refractivity contribution in [3.63, 3.8) is 0 Å². The molecule has 2 aliphatic rings. The van der Waals surface area contributed by atoms with Gasteiger partial charge >= 0.3 is 12.1 Å². The lowest BCUT2D eigenvalue weighted by Crippen LogP contribution is -2.44. The normalized spacial score (nSPS) is 18.2. The van der Waals surface area contributed by atoms with Crippen molar-refractivity contribution in [1.82, 2.24) is 10.6 Å². The van der Waals surface area contributed by atoms with E-state index >= 15 is 0 Å². The van der Waals surface area contributed by atoms with Crippen LogP contribution in [-0.2, 0) is 16.0 Å². The second kappa shape index (κ2) is 14.2. The van der Waals surface area contributed by atoms with Crippen LogP contribution in [0, 0.1) is 0 Å². The average Bonchev–Trinajstić information content (AvgIpc) is 2.80. The van der Waals surface area contributed by atoms with Gasteiger partial charge in [-0.05, 0) is 64.2 Å². The number of methoxy groups -OCH3 is 1. The van der Waals surface area contributed by atoms with Crippen LogP contribution in [0.4, 0.5) is 4.79 Å². The van der Waals surface area contributed by atoms with Crippen molar-refractivity contribution in [3.05, 3.63) is 29.8 Å². The van der Waals surface area contributed by atoms with Gasteiger partial charge in [0.15, 0.2) is 0 Å². The Labute approximate surface area is 205 Å². The molecule has 0 unspecified atom stereocenters. The topological polar surface area (TPSA) is 96.9 Å². The second-order valence-electron chi connectivity index (χ2n) is 10.4. The fourth-order valence-corrected chi connectivity index (χ4v) is 4.52. The van der Waals surface area contributed by atoms with Gasteiger partial charge in [-0.3, -0.25) is 0 Å². The number of hydrogen-bond donors (Lipinski definition) is 3. The van der Waals surface area contributed by atoms with E-state index in [0.717, 1.165) is 17.6 Å². The molecular weight excluding hydrogens is 432 g/mol. The van der Waals surface area contributed by atoms with E-state index in [0.29, 0.717) is 5.75 Å². The van der Waals surface area contributed by atoms with Crippen LogP contribution in [0.25, 0.3) is 0 Å². The summed E-state index contributed by atoms with van der Waals surface area (Å²) in [7, 11) is 1.55. The first-order chi connectivity index (χ1) is 16.2. The van der Waals surface area contributed by atoms with Crippen LogP contribution < -0.4 is 15.4 Å². The molecule has 0 aliphatic heterocycles. The molecule has 1 aromatic carbocycles. The zero-order chi connectivity index (χ0) is 25.0. The van der Waals surface area contributed by atoms with E-state index in [-0.39, 0.29) is 6.42 Å². The van der Waals surface area contributed by atoms with Crippen LogP contribution in [0.2, 0.25) is 0 Å². The minimum Gasteiger partial charge on any atom is -0.497 e. The molecule has 0 aromatic heterocycles. The summed E-state index contributed by atoms with van der Waals surface area (Å²) in [6.07, 6.45) is 14.0. The van der Waals surface area contributed by atoms with Crippen LogP contribution in [0.3, 0.4) is 0 Å². The standard InChI is InChI=1S/C15H21NO5.C12H23N/c1-15(2,3)21-14(19)16-12(13(17)18)9-10-5-7-11(20-4)8-6-10;1-3-7-11(8-4-1)13-12-9-5-2-6-10-12/h5-8,12H,9H2,1-4H3,(H,16,19)(H,17,18);11-13H,1-10H2/t12-;/m0./s1. The number of aliphatic carboxylic acids is 1. The lowest BCUT2D eigenvalue weighted by Gasteiger charge is -2.30. The van der Waals surface area contributed by atoms with Gasteiger partial charge in [0.2, 0.25) is 0 Å². The molecule has 1 aromatic rings. The third-order valence-electron chi connectivity index (χ3n) is 6.27. The first-order valence-electron chi connectivity index (χ1n) is 12.8. The fraction of sp³-hybridized carbons (Fsp3) is 0.704. The molecule has 7 nitrogen and oxygen atoms in total. The molecule has 192 valence electrons. The lowest BCUT2D eigenvalue weighted by atomic mass is 9.91. The summed E-state index contributed by atoms with van der Waals surface area (Å²) in [5, 5.41) is 15.4. The van der Waals surface area contributed by atoms with Crippen LogP contribution in [-0.4, -0.2) is 48.0 Å².